The van der Waals surface area contributed by atoms with Crippen LogP contribution in [0, 0.1) is 11.8 Å². The predicted octanol–water partition coefficient (Wildman–Crippen LogP) is 2.84. The fourth-order valence-electron chi connectivity index (χ4n) is 3.63. The lowest BCUT2D eigenvalue weighted by Gasteiger charge is -2.19. The Kier molecular flexibility index (Phi) is 5.35. The summed E-state index contributed by atoms with van der Waals surface area (Å²) in [5, 5.41) is 3.97. The van der Waals surface area contributed by atoms with Crippen molar-refractivity contribution < 1.29 is 19.1 Å². The van der Waals surface area contributed by atoms with Gasteiger partial charge in [-0.2, -0.15) is 5.10 Å². The van der Waals surface area contributed by atoms with E-state index in [1.165, 1.54) is 4.90 Å². The zero-order valence-corrected chi connectivity index (χ0v) is 15.0. The van der Waals surface area contributed by atoms with E-state index in [1.807, 2.05) is 0 Å². The Labute approximate surface area is 152 Å². The molecule has 138 valence electrons. The highest BCUT2D eigenvalue weighted by Crippen LogP contribution is 2.40. The Morgan fingerprint density at radius 1 is 1.15 bits per heavy atom. The summed E-state index contributed by atoms with van der Waals surface area (Å²) >= 11 is 0. The van der Waals surface area contributed by atoms with Crippen LogP contribution in [-0.2, 0) is 14.3 Å². The third-order valence-corrected chi connectivity index (χ3v) is 4.97. The fraction of sp³-hybridized carbons (Fsp3) is 0.474. The lowest BCUT2D eigenvalue weighted by molar-refractivity contribution is -0.122. The second kappa shape index (κ2) is 7.68. The summed E-state index contributed by atoms with van der Waals surface area (Å²) in [7, 11) is 0. The van der Waals surface area contributed by atoms with Gasteiger partial charge in [-0.15, -0.1) is 0 Å². The molecule has 0 bridgehead atoms. The highest BCUT2D eigenvalue weighted by molar-refractivity contribution is 6.22. The Morgan fingerprint density at radius 3 is 2.27 bits per heavy atom. The zero-order chi connectivity index (χ0) is 18.7. The minimum atomic E-state index is -0.612. The summed E-state index contributed by atoms with van der Waals surface area (Å²) in [6, 6.07) is 7.05. The van der Waals surface area contributed by atoms with Crippen LogP contribution in [0.25, 0.3) is 0 Å². The zero-order valence-electron chi connectivity index (χ0n) is 15.0. The Morgan fingerprint density at radius 2 is 1.73 bits per heavy atom. The molecule has 1 saturated heterocycles. The molecule has 1 N–H and O–H groups in total. The normalized spacial score (nSPS) is 23.0. The summed E-state index contributed by atoms with van der Waals surface area (Å²) < 4.78 is 4.75. The molecule has 0 radical (unpaired) electrons. The van der Waals surface area contributed by atoms with Gasteiger partial charge in [-0.05, 0) is 44.4 Å². The number of carbonyl (C=O) groups excluding carboxylic acids is 3. The van der Waals surface area contributed by atoms with Gasteiger partial charge in [0.2, 0.25) is 11.8 Å². The molecule has 2 aliphatic rings. The van der Waals surface area contributed by atoms with Crippen molar-refractivity contribution in [2.24, 2.45) is 16.9 Å². The van der Waals surface area contributed by atoms with Crippen molar-refractivity contribution >= 4 is 29.3 Å². The molecule has 2 fully saturated rings. The van der Waals surface area contributed by atoms with E-state index in [2.05, 4.69) is 10.5 Å². The first-order valence-electron chi connectivity index (χ1n) is 8.98. The molecule has 1 aliphatic heterocycles. The topological polar surface area (TPSA) is 88.1 Å². The predicted molar refractivity (Wildman–Crippen MR) is 96.8 cm³/mol. The van der Waals surface area contributed by atoms with Gasteiger partial charge in [0.1, 0.15) is 0 Å². The van der Waals surface area contributed by atoms with Crippen LogP contribution >= 0.6 is 0 Å². The number of nitrogens with one attached hydrogen (secondary N) is 1. The van der Waals surface area contributed by atoms with Crippen LogP contribution in [0.2, 0.25) is 0 Å². The number of hydrogen-bond acceptors (Lipinski definition) is 5. The van der Waals surface area contributed by atoms with Gasteiger partial charge in [0.05, 0.1) is 29.8 Å². The van der Waals surface area contributed by atoms with Crippen LogP contribution in [0.4, 0.5) is 10.5 Å². The van der Waals surface area contributed by atoms with E-state index >= 15 is 0 Å². The lowest BCUT2D eigenvalue weighted by Crippen LogP contribution is -2.30. The Hall–Kier alpha value is -2.70. The Balaban J connectivity index is 1.73. The van der Waals surface area contributed by atoms with Gasteiger partial charge in [0.15, 0.2) is 0 Å². The maximum Gasteiger partial charge on any atom is 0.427 e. The molecule has 0 spiro atoms. The molecule has 1 saturated carbocycles. The van der Waals surface area contributed by atoms with Crippen molar-refractivity contribution in [2.45, 2.75) is 39.5 Å². The molecule has 2 atom stereocenters. The van der Waals surface area contributed by atoms with Gasteiger partial charge >= 0.3 is 6.09 Å². The van der Waals surface area contributed by atoms with E-state index < -0.39 is 6.09 Å². The van der Waals surface area contributed by atoms with Crippen LogP contribution in [0.15, 0.2) is 29.4 Å². The number of rotatable bonds is 4. The van der Waals surface area contributed by atoms with Crippen LogP contribution in [-0.4, -0.2) is 30.2 Å². The van der Waals surface area contributed by atoms with E-state index in [9.17, 15) is 14.4 Å². The second-order valence-corrected chi connectivity index (χ2v) is 6.59. The number of ether oxygens (including phenoxy) is 1. The number of nitrogens with zero attached hydrogens (tertiary/aromatic N) is 2. The summed E-state index contributed by atoms with van der Waals surface area (Å²) in [5.41, 5.74) is 4.27. The quantitative estimate of drug-likeness (QED) is 0.510. The smallest absolute Gasteiger partial charge is 0.427 e. The van der Waals surface area contributed by atoms with E-state index in [-0.39, 0.29) is 30.3 Å². The van der Waals surface area contributed by atoms with Crippen molar-refractivity contribution in [1.29, 1.82) is 0 Å². The highest BCUT2D eigenvalue weighted by atomic mass is 16.5. The van der Waals surface area contributed by atoms with E-state index in [4.69, 9.17) is 4.74 Å². The van der Waals surface area contributed by atoms with Crippen LogP contribution in [0.1, 0.15) is 45.1 Å². The molecule has 3 amide bonds. The van der Waals surface area contributed by atoms with Crippen LogP contribution in [0.5, 0.6) is 0 Å². The largest absolute Gasteiger partial charge is 0.449 e. The fourth-order valence-corrected chi connectivity index (χ4v) is 3.63. The molecular formula is C19H23N3O4. The van der Waals surface area contributed by atoms with Gasteiger partial charge in [0, 0.05) is 0 Å². The molecule has 1 aromatic rings. The first-order chi connectivity index (χ1) is 12.5. The molecule has 7 heteroatoms. The van der Waals surface area contributed by atoms with Crippen molar-refractivity contribution in [1.82, 2.24) is 5.43 Å². The van der Waals surface area contributed by atoms with Crippen molar-refractivity contribution in [3.8, 4) is 0 Å². The van der Waals surface area contributed by atoms with Crippen LogP contribution in [0.3, 0.4) is 0 Å². The Bertz CT molecular complexity index is 718. The number of fused-ring (bicyclic) bond motifs is 1. The maximum absolute atomic E-state index is 12.6. The molecule has 26 heavy (non-hydrogen) atoms. The number of carbonyl (C=O) groups is 3. The molecule has 7 nitrogen and oxygen atoms in total. The number of benzene rings is 1. The summed E-state index contributed by atoms with van der Waals surface area (Å²) in [5.74, 6) is -0.482. The molecular weight excluding hydrogens is 334 g/mol. The standard InChI is InChI=1S/C19H23N3O4/c1-3-26-19(25)21-20-12(2)13-8-10-14(11-9-13)22-17(23)15-6-4-5-7-16(15)18(22)24/h8-11,15-16H,3-7H2,1-2H3,(H,21,25)/b20-12-/t15-,16-/m0/s1. The maximum atomic E-state index is 12.6. The number of amides is 3. The number of hydrogen-bond donors (Lipinski definition) is 1. The lowest BCUT2D eigenvalue weighted by atomic mass is 9.81. The van der Waals surface area contributed by atoms with Crippen molar-refractivity contribution in [2.75, 3.05) is 11.5 Å². The number of hydrazone groups is 1. The first kappa shape index (κ1) is 18.1. The molecule has 0 unspecified atom stereocenters. The summed E-state index contributed by atoms with van der Waals surface area (Å²) in [6.07, 6.45) is 3.01. The SMILES string of the molecule is CCOC(=O)N/N=C(/C)c1ccc(N2C(=O)[C@H]3CCCC[C@@H]3C2=O)cc1. The summed E-state index contributed by atoms with van der Waals surface area (Å²) in [6.45, 7) is 3.74. The minimum Gasteiger partial charge on any atom is -0.449 e. The average molecular weight is 357 g/mol. The van der Waals surface area contributed by atoms with E-state index in [1.54, 1.807) is 38.1 Å². The highest BCUT2D eigenvalue weighted by Gasteiger charge is 2.48. The number of anilines is 1. The minimum absolute atomic E-state index is 0.0817. The first-order valence-corrected chi connectivity index (χ1v) is 8.98. The van der Waals surface area contributed by atoms with E-state index in [0.717, 1.165) is 31.2 Å². The van der Waals surface area contributed by atoms with Gasteiger partial charge in [0.25, 0.3) is 0 Å². The molecule has 1 aromatic carbocycles. The van der Waals surface area contributed by atoms with Crippen LogP contribution < -0.4 is 10.3 Å². The van der Waals surface area contributed by atoms with Gasteiger partial charge in [-0.1, -0.05) is 25.0 Å². The monoisotopic (exact) mass is 357 g/mol. The molecule has 3 rings (SSSR count). The summed E-state index contributed by atoms with van der Waals surface area (Å²) in [4.78, 5) is 37.9. The molecule has 0 aromatic heterocycles. The molecule has 1 heterocycles. The van der Waals surface area contributed by atoms with Gasteiger partial charge in [-0.3, -0.25) is 14.5 Å². The van der Waals surface area contributed by atoms with Crippen molar-refractivity contribution in [3.63, 3.8) is 0 Å². The van der Waals surface area contributed by atoms with Crippen molar-refractivity contribution in [3.05, 3.63) is 29.8 Å². The van der Waals surface area contributed by atoms with Gasteiger partial charge in [-0.25, -0.2) is 10.2 Å². The molecule has 1 aliphatic carbocycles. The number of imide groups is 1. The third kappa shape index (κ3) is 3.47. The van der Waals surface area contributed by atoms with E-state index in [0.29, 0.717) is 11.4 Å². The third-order valence-electron chi connectivity index (χ3n) is 4.97. The second-order valence-electron chi connectivity index (χ2n) is 6.59. The average Bonchev–Trinajstić information content (AvgIpc) is 2.91. The van der Waals surface area contributed by atoms with Gasteiger partial charge < -0.3 is 4.74 Å².